The van der Waals surface area contributed by atoms with Gasteiger partial charge in [-0.05, 0) is 32.0 Å². The summed E-state index contributed by atoms with van der Waals surface area (Å²) in [6, 6.07) is 6.53. The lowest BCUT2D eigenvalue weighted by Crippen LogP contribution is -2.48. The number of ether oxygens (including phenoxy) is 1. The number of hydrogen-bond donors (Lipinski definition) is 2. The molecule has 1 aromatic carbocycles. The average molecular weight is 298 g/mol. The summed E-state index contributed by atoms with van der Waals surface area (Å²) < 4.78 is 5.82. The molecule has 0 aromatic heterocycles. The molecule has 0 saturated carbocycles. The molecule has 2 N–H and O–H groups in total. The van der Waals surface area contributed by atoms with Gasteiger partial charge in [0.15, 0.2) is 6.19 Å². The molecule has 1 heterocycles. The number of amidine groups is 1. The third-order valence-electron chi connectivity index (χ3n) is 3.67. The molecule has 0 aliphatic carbocycles. The Kier molecular flexibility index (Phi) is 4.35. The summed E-state index contributed by atoms with van der Waals surface area (Å²) in [6.45, 7) is 5.43. The lowest BCUT2D eigenvalue weighted by molar-refractivity contribution is -0.0567. The SMILES string of the molecule is CCC(=N[C@H]1c2cc(C#N)ccc2OC(C)(C)[C@@H]1O)NC#N. The van der Waals surface area contributed by atoms with Gasteiger partial charge in [0.25, 0.3) is 0 Å². The van der Waals surface area contributed by atoms with Gasteiger partial charge in [0.05, 0.1) is 11.6 Å². The van der Waals surface area contributed by atoms with E-state index < -0.39 is 17.7 Å². The molecule has 0 fully saturated rings. The molecule has 2 atom stereocenters. The van der Waals surface area contributed by atoms with E-state index in [1.165, 1.54) is 0 Å². The van der Waals surface area contributed by atoms with Gasteiger partial charge in [-0.15, -0.1) is 0 Å². The zero-order valence-corrected chi connectivity index (χ0v) is 12.8. The Labute approximate surface area is 129 Å². The molecule has 0 amide bonds. The second kappa shape index (κ2) is 6.05. The third kappa shape index (κ3) is 2.88. The summed E-state index contributed by atoms with van der Waals surface area (Å²) in [5, 5.41) is 31.0. The number of fused-ring (bicyclic) bond motifs is 1. The summed E-state index contributed by atoms with van der Waals surface area (Å²) >= 11 is 0. The van der Waals surface area contributed by atoms with Gasteiger partial charge in [0, 0.05) is 12.0 Å². The maximum Gasteiger partial charge on any atom is 0.182 e. The topological polar surface area (TPSA) is 101 Å². The molecule has 6 heteroatoms. The molecular weight excluding hydrogens is 280 g/mol. The first-order chi connectivity index (χ1) is 10.4. The van der Waals surface area contributed by atoms with Crippen LogP contribution in [0.25, 0.3) is 0 Å². The molecule has 6 nitrogen and oxygen atoms in total. The van der Waals surface area contributed by atoms with Crippen LogP contribution in [0.2, 0.25) is 0 Å². The quantitative estimate of drug-likeness (QED) is 0.376. The van der Waals surface area contributed by atoms with Gasteiger partial charge in [-0.25, -0.2) is 0 Å². The smallest absolute Gasteiger partial charge is 0.182 e. The summed E-state index contributed by atoms with van der Waals surface area (Å²) in [7, 11) is 0. The Morgan fingerprint density at radius 3 is 2.77 bits per heavy atom. The van der Waals surface area contributed by atoms with Crippen LogP contribution in [0.3, 0.4) is 0 Å². The van der Waals surface area contributed by atoms with Gasteiger partial charge in [0.2, 0.25) is 0 Å². The number of aliphatic hydroxyl groups excluding tert-OH is 1. The Balaban J connectivity index is 2.56. The molecule has 1 aromatic rings. The number of nitriles is 2. The maximum atomic E-state index is 10.6. The molecule has 0 unspecified atom stereocenters. The van der Waals surface area contributed by atoms with Gasteiger partial charge in [0.1, 0.15) is 29.3 Å². The maximum absolute atomic E-state index is 10.6. The van der Waals surface area contributed by atoms with E-state index in [-0.39, 0.29) is 0 Å². The summed E-state index contributed by atoms with van der Waals surface area (Å²) in [5.74, 6) is 1.08. The Bertz CT molecular complexity index is 682. The Hall–Kier alpha value is -2.57. The van der Waals surface area contributed by atoms with Crippen LogP contribution in [-0.2, 0) is 0 Å². The van der Waals surface area contributed by atoms with Gasteiger partial charge in [-0.1, -0.05) is 6.92 Å². The van der Waals surface area contributed by atoms with Crippen LogP contribution in [0.1, 0.15) is 44.4 Å². The van der Waals surface area contributed by atoms with Gasteiger partial charge < -0.3 is 9.84 Å². The predicted molar refractivity (Wildman–Crippen MR) is 81.1 cm³/mol. The van der Waals surface area contributed by atoms with Crippen molar-refractivity contribution in [2.45, 2.75) is 44.9 Å². The number of hydrogen-bond acceptors (Lipinski definition) is 5. The molecule has 0 bridgehead atoms. The fraction of sp³-hybridized carbons (Fsp3) is 0.438. The molecule has 2 rings (SSSR count). The van der Waals surface area contributed by atoms with Crippen LogP contribution < -0.4 is 10.1 Å². The van der Waals surface area contributed by atoms with Crippen molar-refractivity contribution in [2.24, 2.45) is 4.99 Å². The Morgan fingerprint density at radius 1 is 1.45 bits per heavy atom. The molecule has 1 aliphatic heterocycles. The molecule has 22 heavy (non-hydrogen) atoms. The number of aliphatic imine (C=N–C) groups is 1. The summed E-state index contributed by atoms with van der Waals surface area (Å²) in [6.07, 6.45) is 1.48. The van der Waals surface area contributed by atoms with Crippen molar-refractivity contribution in [3.8, 4) is 18.0 Å². The number of aliphatic hydroxyl groups is 1. The molecule has 0 spiro atoms. The van der Waals surface area contributed by atoms with Crippen LogP contribution in [0, 0.1) is 22.8 Å². The standard InChI is InChI=1S/C16H18N4O2/c1-4-13(19-9-18)20-14-11-7-10(8-17)5-6-12(11)22-16(2,3)15(14)21/h5-7,14-15,21H,4H2,1-3H3,(H,19,20)/t14-,15+/m0/s1. The van der Waals surface area contributed by atoms with Crippen molar-refractivity contribution >= 4 is 5.84 Å². The van der Waals surface area contributed by atoms with E-state index in [2.05, 4.69) is 16.4 Å². The zero-order valence-electron chi connectivity index (χ0n) is 12.8. The van der Waals surface area contributed by atoms with Crippen molar-refractivity contribution in [3.63, 3.8) is 0 Å². The first-order valence-corrected chi connectivity index (χ1v) is 7.05. The van der Waals surface area contributed by atoms with E-state index in [0.717, 1.165) is 0 Å². The van der Waals surface area contributed by atoms with E-state index in [0.29, 0.717) is 29.1 Å². The lowest BCUT2D eigenvalue weighted by Gasteiger charge is -2.40. The minimum absolute atomic E-state index is 0.473. The first kappa shape index (κ1) is 15.8. The fourth-order valence-electron chi connectivity index (χ4n) is 2.42. The van der Waals surface area contributed by atoms with Gasteiger partial charge in [-0.3, -0.25) is 10.3 Å². The highest BCUT2D eigenvalue weighted by Gasteiger charge is 2.43. The molecule has 0 saturated heterocycles. The second-order valence-corrected chi connectivity index (χ2v) is 5.63. The molecule has 1 aliphatic rings. The first-order valence-electron chi connectivity index (χ1n) is 7.05. The summed E-state index contributed by atoms with van der Waals surface area (Å²) in [5.41, 5.74) is 0.304. The number of benzene rings is 1. The average Bonchev–Trinajstić information content (AvgIpc) is 2.50. The van der Waals surface area contributed by atoms with Crippen LogP contribution in [0.5, 0.6) is 5.75 Å². The van der Waals surface area contributed by atoms with E-state index in [1.54, 1.807) is 32.0 Å². The lowest BCUT2D eigenvalue weighted by atomic mass is 9.86. The number of nitrogens with one attached hydrogen (secondary N) is 1. The number of nitrogens with zero attached hydrogens (tertiary/aromatic N) is 3. The molecular formula is C16H18N4O2. The van der Waals surface area contributed by atoms with Gasteiger partial charge >= 0.3 is 0 Å². The minimum Gasteiger partial charge on any atom is -0.485 e. The molecule has 0 radical (unpaired) electrons. The van der Waals surface area contributed by atoms with E-state index >= 15 is 0 Å². The van der Waals surface area contributed by atoms with E-state index in [1.807, 2.05) is 13.1 Å². The van der Waals surface area contributed by atoms with Crippen LogP contribution in [0.15, 0.2) is 23.2 Å². The van der Waals surface area contributed by atoms with Crippen molar-refractivity contribution in [1.82, 2.24) is 5.32 Å². The zero-order chi connectivity index (χ0) is 16.3. The third-order valence-corrected chi connectivity index (χ3v) is 3.67. The predicted octanol–water partition coefficient (Wildman–Crippen LogP) is 2.01. The van der Waals surface area contributed by atoms with Gasteiger partial charge in [-0.2, -0.15) is 10.5 Å². The summed E-state index contributed by atoms with van der Waals surface area (Å²) in [4.78, 5) is 4.48. The fourth-order valence-corrected chi connectivity index (χ4v) is 2.42. The Morgan fingerprint density at radius 2 is 2.18 bits per heavy atom. The largest absolute Gasteiger partial charge is 0.485 e. The second-order valence-electron chi connectivity index (χ2n) is 5.63. The minimum atomic E-state index is -0.893. The van der Waals surface area contributed by atoms with E-state index in [4.69, 9.17) is 15.3 Å². The van der Waals surface area contributed by atoms with Crippen molar-refractivity contribution in [2.75, 3.05) is 0 Å². The molecule has 114 valence electrons. The number of rotatable bonds is 2. The van der Waals surface area contributed by atoms with Crippen LogP contribution in [-0.4, -0.2) is 22.6 Å². The highest BCUT2D eigenvalue weighted by atomic mass is 16.5. The van der Waals surface area contributed by atoms with Crippen molar-refractivity contribution in [3.05, 3.63) is 29.3 Å². The van der Waals surface area contributed by atoms with Crippen molar-refractivity contribution in [1.29, 1.82) is 10.5 Å². The highest BCUT2D eigenvalue weighted by molar-refractivity contribution is 5.83. The van der Waals surface area contributed by atoms with E-state index in [9.17, 15) is 5.11 Å². The highest BCUT2D eigenvalue weighted by Crippen LogP contribution is 2.42. The normalized spacial score (nSPS) is 22.7. The van der Waals surface area contributed by atoms with Crippen LogP contribution in [0.4, 0.5) is 0 Å². The monoisotopic (exact) mass is 298 g/mol. The van der Waals surface area contributed by atoms with Crippen molar-refractivity contribution < 1.29 is 9.84 Å². The van der Waals surface area contributed by atoms with Crippen LogP contribution >= 0.6 is 0 Å².